The molecule has 0 bridgehead atoms. The number of rotatable bonds is 3. The van der Waals surface area contributed by atoms with E-state index in [2.05, 4.69) is 6.92 Å². The lowest BCUT2D eigenvalue weighted by Crippen LogP contribution is -2.52. The Bertz CT molecular complexity index is 511. The Hall–Kier alpha value is -1.40. The highest BCUT2D eigenvalue weighted by Gasteiger charge is 2.34. The lowest BCUT2D eigenvalue weighted by molar-refractivity contribution is -0.151. The van der Waals surface area contributed by atoms with Crippen LogP contribution < -0.4 is 0 Å². The smallest absolute Gasteiger partial charge is 0.331 e. The molecule has 5 nitrogen and oxygen atoms in total. The van der Waals surface area contributed by atoms with Crippen LogP contribution in [0.15, 0.2) is 6.07 Å². The molecule has 20 heavy (non-hydrogen) atoms. The van der Waals surface area contributed by atoms with Crippen molar-refractivity contribution in [2.75, 3.05) is 26.9 Å². The summed E-state index contributed by atoms with van der Waals surface area (Å²) >= 11 is 1.50. The van der Waals surface area contributed by atoms with Gasteiger partial charge in [-0.1, -0.05) is 6.92 Å². The highest BCUT2D eigenvalue weighted by molar-refractivity contribution is 7.14. The zero-order valence-corrected chi connectivity index (χ0v) is 12.8. The summed E-state index contributed by atoms with van der Waals surface area (Å²) in [5.41, 5.74) is 1.13. The lowest BCUT2D eigenvalue weighted by Gasteiger charge is -2.33. The van der Waals surface area contributed by atoms with Gasteiger partial charge in [0.25, 0.3) is 5.91 Å². The van der Waals surface area contributed by atoms with Gasteiger partial charge in [-0.05, 0) is 25.0 Å². The molecule has 0 aliphatic carbocycles. The number of carbonyl (C=O) groups excluding carboxylic acids is 2. The van der Waals surface area contributed by atoms with E-state index >= 15 is 0 Å². The Kier molecular flexibility index (Phi) is 4.77. The van der Waals surface area contributed by atoms with E-state index in [1.807, 2.05) is 13.0 Å². The summed E-state index contributed by atoms with van der Waals surface area (Å²) in [4.78, 5) is 27.8. The van der Waals surface area contributed by atoms with Crippen molar-refractivity contribution in [3.63, 3.8) is 0 Å². The number of hydrogen-bond acceptors (Lipinski definition) is 5. The van der Waals surface area contributed by atoms with Gasteiger partial charge in [0.2, 0.25) is 0 Å². The van der Waals surface area contributed by atoms with E-state index in [0.717, 1.165) is 12.0 Å². The third kappa shape index (κ3) is 2.86. The average Bonchev–Trinajstić information content (AvgIpc) is 2.86. The summed E-state index contributed by atoms with van der Waals surface area (Å²) in [6, 6.07) is 1.25. The Morgan fingerprint density at radius 3 is 2.90 bits per heavy atom. The van der Waals surface area contributed by atoms with Crippen LogP contribution in [-0.2, 0) is 20.7 Å². The average molecular weight is 297 g/mol. The van der Waals surface area contributed by atoms with Gasteiger partial charge < -0.3 is 14.4 Å². The second-order valence-electron chi connectivity index (χ2n) is 4.68. The van der Waals surface area contributed by atoms with Crippen LogP contribution in [-0.4, -0.2) is 49.7 Å². The molecule has 1 saturated heterocycles. The molecule has 0 aromatic carbocycles. The second kappa shape index (κ2) is 6.37. The molecule has 1 aromatic rings. The first-order chi connectivity index (χ1) is 9.58. The molecule has 1 unspecified atom stereocenters. The first-order valence-electron chi connectivity index (χ1n) is 6.64. The molecule has 1 amide bonds. The van der Waals surface area contributed by atoms with Crippen LogP contribution in [0.3, 0.4) is 0 Å². The molecule has 1 aliphatic rings. The predicted octanol–water partition coefficient (Wildman–Crippen LogP) is 1.63. The Balaban J connectivity index is 2.22. The molecule has 0 N–H and O–H groups in total. The van der Waals surface area contributed by atoms with Crippen molar-refractivity contribution in [1.29, 1.82) is 0 Å². The summed E-state index contributed by atoms with van der Waals surface area (Å²) in [6.45, 7) is 5.13. The van der Waals surface area contributed by atoms with Crippen LogP contribution in [0.1, 0.15) is 27.0 Å². The molecule has 0 radical (unpaired) electrons. The highest BCUT2D eigenvalue weighted by Crippen LogP contribution is 2.25. The summed E-state index contributed by atoms with van der Waals surface area (Å²) in [6.07, 6.45) is 0.910. The number of esters is 1. The largest absolute Gasteiger partial charge is 0.467 e. The zero-order valence-electron chi connectivity index (χ0n) is 12.0. The minimum absolute atomic E-state index is 0.114. The van der Waals surface area contributed by atoms with Gasteiger partial charge in [0.1, 0.15) is 0 Å². The zero-order chi connectivity index (χ0) is 14.7. The molecule has 1 fully saturated rings. The number of ether oxygens (including phenoxy) is 2. The molecule has 1 aliphatic heterocycles. The van der Waals surface area contributed by atoms with E-state index in [1.165, 1.54) is 23.3 Å². The first-order valence-corrected chi connectivity index (χ1v) is 7.46. The van der Waals surface area contributed by atoms with Gasteiger partial charge in [-0.2, -0.15) is 0 Å². The Morgan fingerprint density at radius 2 is 2.30 bits per heavy atom. The van der Waals surface area contributed by atoms with E-state index in [1.54, 1.807) is 4.90 Å². The highest BCUT2D eigenvalue weighted by atomic mass is 32.1. The van der Waals surface area contributed by atoms with Gasteiger partial charge >= 0.3 is 5.97 Å². The topological polar surface area (TPSA) is 55.8 Å². The molecule has 0 spiro atoms. The van der Waals surface area contributed by atoms with Crippen molar-refractivity contribution in [2.45, 2.75) is 26.3 Å². The summed E-state index contributed by atoms with van der Waals surface area (Å²) in [7, 11) is 1.32. The van der Waals surface area contributed by atoms with Gasteiger partial charge in [0.15, 0.2) is 6.04 Å². The van der Waals surface area contributed by atoms with Crippen molar-refractivity contribution >= 4 is 23.2 Å². The lowest BCUT2D eigenvalue weighted by atomic mass is 10.2. The normalized spacial score (nSPS) is 18.9. The quantitative estimate of drug-likeness (QED) is 0.796. The molecule has 6 heteroatoms. The Morgan fingerprint density at radius 1 is 1.55 bits per heavy atom. The second-order valence-corrected chi connectivity index (χ2v) is 5.82. The van der Waals surface area contributed by atoms with Crippen LogP contribution >= 0.6 is 11.3 Å². The molecular formula is C14H19NO4S. The molecule has 1 atom stereocenters. The van der Waals surface area contributed by atoms with E-state index in [-0.39, 0.29) is 12.5 Å². The fraction of sp³-hybridized carbons (Fsp3) is 0.571. The minimum atomic E-state index is -0.645. The fourth-order valence-corrected chi connectivity index (χ4v) is 3.37. The van der Waals surface area contributed by atoms with Crippen molar-refractivity contribution in [3.8, 4) is 0 Å². The third-order valence-corrected chi connectivity index (χ3v) is 4.78. The number of aryl methyl sites for hydroxylation is 2. The van der Waals surface area contributed by atoms with Crippen molar-refractivity contribution < 1.29 is 19.1 Å². The number of morpholine rings is 1. The van der Waals surface area contributed by atoms with Gasteiger partial charge in [-0.3, -0.25) is 4.79 Å². The number of carbonyl (C=O) groups is 2. The van der Waals surface area contributed by atoms with E-state index in [4.69, 9.17) is 9.47 Å². The van der Waals surface area contributed by atoms with Crippen LogP contribution in [0.4, 0.5) is 0 Å². The summed E-state index contributed by atoms with van der Waals surface area (Å²) in [5, 5.41) is 0. The maximum atomic E-state index is 12.6. The predicted molar refractivity (Wildman–Crippen MR) is 76.1 cm³/mol. The van der Waals surface area contributed by atoms with Crippen LogP contribution in [0.25, 0.3) is 0 Å². The molecule has 0 saturated carbocycles. The minimum Gasteiger partial charge on any atom is -0.467 e. The number of amides is 1. The molecule has 2 rings (SSSR count). The monoisotopic (exact) mass is 297 g/mol. The standard InChI is InChI=1S/C14H19NO4S/c1-4-11-9(2)7-12(20-11)13(16)15-5-6-19-8-10(15)14(17)18-3/h7,10H,4-6,8H2,1-3H3. The van der Waals surface area contributed by atoms with Crippen LogP contribution in [0, 0.1) is 6.92 Å². The van der Waals surface area contributed by atoms with Gasteiger partial charge in [-0.25, -0.2) is 4.79 Å². The maximum Gasteiger partial charge on any atom is 0.331 e. The number of hydrogen-bond donors (Lipinski definition) is 0. The third-order valence-electron chi connectivity index (χ3n) is 3.42. The summed E-state index contributed by atoms with van der Waals surface area (Å²) < 4.78 is 10.0. The number of methoxy groups -OCH3 is 1. The van der Waals surface area contributed by atoms with E-state index in [0.29, 0.717) is 18.0 Å². The maximum absolute atomic E-state index is 12.6. The molecule has 110 valence electrons. The molecule has 1 aromatic heterocycles. The molecule has 2 heterocycles. The summed E-state index contributed by atoms with van der Waals surface area (Å²) in [5.74, 6) is -0.543. The SMILES string of the molecule is CCc1sc(C(=O)N2CCOCC2C(=O)OC)cc1C. The van der Waals surface area contributed by atoms with Crippen molar-refractivity contribution in [1.82, 2.24) is 4.90 Å². The van der Waals surface area contributed by atoms with Crippen LogP contribution in [0.5, 0.6) is 0 Å². The first kappa shape index (κ1) is 15.0. The van der Waals surface area contributed by atoms with Gasteiger partial charge in [0.05, 0.1) is 25.2 Å². The molecular weight excluding hydrogens is 278 g/mol. The van der Waals surface area contributed by atoms with E-state index < -0.39 is 12.0 Å². The number of nitrogens with zero attached hydrogens (tertiary/aromatic N) is 1. The Labute approximate surface area is 122 Å². The van der Waals surface area contributed by atoms with E-state index in [9.17, 15) is 9.59 Å². The van der Waals surface area contributed by atoms with Crippen molar-refractivity contribution in [2.24, 2.45) is 0 Å². The fourth-order valence-electron chi connectivity index (χ4n) is 2.30. The number of thiophene rings is 1. The van der Waals surface area contributed by atoms with Gasteiger partial charge in [0, 0.05) is 11.4 Å². The van der Waals surface area contributed by atoms with Crippen molar-refractivity contribution in [3.05, 3.63) is 21.4 Å². The van der Waals surface area contributed by atoms with Gasteiger partial charge in [-0.15, -0.1) is 11.3 Å². The van der Waals surface area contributed by atoms with Crippen LogP contribution in [0.2, 0.25) is 0 Å².